The first kappa shape index (κ1) is 26.5. The second-order valence-electron chi connectivity index (χ2n) is 9.47. The number of urea groups is 2. The van der Waals surface area contributed by atoms with Crippen LogP contribution in [0.25, 0.3) is 0 Å². The molecule has 2 aromatic carbocycles. The van der Waals surface area contributed by atoms with Crippen LogP contribution in [0.15, 0.2) is 36.4 Å². The van der Waals surface area contributed by atoms with Gasteiger partial charge in [0.2, 0.25) is 0 Å². The Bertz CT molecular complexity index is 1070. The molecule has 1 aliphatic rings. The summed E-state index contributed by atoms with van der Waals surface area (Å²) in [6.45, 7) is 11.8. The number of carbonyl (C=O) groups excluding carboxylic acids is 4. The molecular formula is C26H32N4O6. The zero-order valence-corrected chi connectivity index (χ0v) is 21.4. The zero-order valence-electron chi connectivity index (χ0n) is 21.4. The van der Waals surface area contributed by atoms with Crippen LogP contribution in [0.3, 0.4) is 0 Å². The molecule has 1 fully saturated rings. The van der Waals surface area contributed by atoms with Gasteiger partial charge in [0, 0.05) is 11.4 Å². The van der Waals surface area contributed by atoms with Crippen molar-refractivity contribution < 1.29 is 28.7 Å². The van der Waals surface area contributed by atoms with E-state index in [4.69, 9.17) is 9.47 Å². The maximum absolute atomic E-state index is 13.0. The van der Waals surface area contributed by atoms with Gasteiger partial charge in [0.25, 0.3) is 0 Å². The van der Waals surface area contributed by atoms with Crippen molar-refractivity contribution in [3.8, 4) is 0 Å². The Morgan fingerprint density at radius 3 is 1.42 bits per heavy atom. The molecule has 2 N–H and O–H groups in total. The van der Waals surface area contributed by atoms with Gasteiger partial charge in [-0.15, -0.1) is 0 Å². The van der Waals surface area contributed by atoms with E-state index < -0.39 is 24.2 Å². The molecule has 0 bridgehead atoms. The molecule has 6 amide bonds. The molecule has 0 radical (unpaired) electrons. The number of hydrogen-bond donors (Lipinski definition) is 2. The van der Waals surface area contributed by atoms with Crippen molar-refractivity contribution in [1.29, 1.82) is 0 Å². The third-order valence-corrected chi connectivity index (χ3v) is 5.29. The van der Waals surface area contributed by atoms with Crippen LogP contribution in [-0.4, -0.2) is 37.5 Å². The monoisotopic (exact) mass is 496 g/mol. The molecule has 1 saturated heterocycles. The number of ether oxygens (including phenoxy) is 2. The highest BCUT2D eigenvalue weighted by atomic mass is 16.6. The Kier molecular flexibility index (Phi) is 8.18. The molecule has 0 atom stereocenters. The molecule has 0 spiro atoms. The average molecular weight is 497 g/mol. The number of nitrogens with zero attached hydrogens (tertiary/aromatic N) is 2. The second kappa shape index (κ2) is 11.1. The van der Waals surface area contributed by atoms with Crippen molar-refractivity contribution >= 4 is 47.0 Å². The quantitative estimate of drug-likeness (QED) is 0.444. The molecule has 2 aromatic rings. The van der Waals surface area contributed by atoms with Crippen LogP contribution in [-0.2, 0) is 9.47 Å². The number of nitrogens with one attached hydrogen (secondary N) is 2. The van der Waals surface area contributed by atoms with Gasteiger partial charge < -0.3 is 9.47 Å². The third kappa shape index (κ3) is 6.12. The topological polar surface area (TPSA) is 117 Å². The van der Waals surface area contributed by atoms with Crippen LogP contribution >= 0.6 is 0 Å². The van der Waals surface area contributed by atoms with Crippen LogP contribution in [0.4, 0.5) is 41.9 Å². The smallest absolute Gasteiger partial charge is 0.411 e. The molecule has 10 heteroatoms. The molecular weight excluding hydrogens is 464 g/mol. The third-order valence-electron chi connectivity index (χ3n) is 5.29. The highest BCUT2D eigenvalue weighted by Crippen LogP contribution is 2.34. The summed E-state index contributed by atoms with van der Waals surface area (Å²) in [6, 6.07) is 8.63. The minimum atomic E-state index is -0.613. The maximum atomic E-state index is 13.0. The number of hydrogen-bond acceptors (Lipinski definition) is 6. The maximum Gasteiger partial charge on any atom is 0.411 e. The number of amides is 6. The van der Waals surface area contributed by atoms with Gasteiger partial charge in [-0.05, 0) is 61.1 Å². The molecule has 192 valence electrons. The molecule has 0 aliphatic carbocycles. The van der Waals surface area contributed by atoms with E-state index in [0.29, 0.717) is 22.7 Å². The summed E-state index contributed by atoms with van der Waals surface area (Å²) < 4.78 is 10.3. The van der Waals surface area contributed by atoms with Crippen molar-refractivity contribution in [2.45, 2.75) is 41.5 Å². The van der Waals surface area contributed by atoms with Crippen molar-refractivity contribution in [2.24, 2.45) is 11.8 Å². The summed E-state index contributed by atoms with van der Waals surface area (Å²) in [5.41, 5.74) is 2.98. The Morgan fingerprint density at radius 1 is 0.722 bits per heavy atom. The van der Waals surface area contributed by atoms with Gasteiger partial charge in [-0.25, -0.2) is 29.0 Å². The molecule has 0 saturated carbocycles. The van der Waals surface area contributed by atoms with Crippen molar-refractivity contribution in [3.05, 3.63) is 47.5 Å². The number of imide groups is 2. The minimum Gasteiger partial charge on any atom is -0.449 e. The zero-order chi connectivity index (χ0) is 26.6. The Balaban J connectivity index is 1.74. The fraction of sp³-hybridized carbons (Fsp3) is 0.385. The molecule has 10 nitrogen and oxygen atoms in total. The number of aryl methyl sites for hydroxylation is 2. The molecule has 36 heavy (non-hydrogen) atoms. The lowest BCUT2D eigenvalue weighted by Crippen LogP contribution is -2.64. The Hall–Kier alpha value is -4.08. The largest absolute Gasteiger partial charge is 0.449 e. The molecule has 1 aliphatic heterocycles. The molecule has 3 rings (SSSR count). The number of rotatable bonds is 8. The number of anilines is 4. The van der Waals surface area contributed by atoms with E-state index in [9.17, 15) is 19.2 Å². The van der Waals surface area contributed by atoms with Crippen molar-refractivity contribution in [3.63, 3.8) is 0 Å². The predicted octanol–water partition coefficient (Wildman–Crippen LogP) is 6.28. The van der Waals surface area contributed by atoms with Gasteiger partial charge in [-0.2, -0.15) is 0 Å². The van der Waals surface area contributed by atoms with E-state index >= 15 is 0 Å². The molecule has 0 unspecified atom stereocenters. The standard InChI is InChI=1S/C26H32N4O6/c1-15(2)13-35-23(31)27-21-11-19(9-7-17(21)5)29-25(33)30(26(29)34)20-10-8-18(6)22(12-20)28-24(32)36-14-16(3)4/h7-12,15-16H,13-14H2,1-6H3,(H,27,31)(H,28,32). The first-order valence-electron chi connectivity index (χ1n) is 11.7. The van der Waals surface area contributed by atoms with E-state index in [2.05, 4.69) is 10.6 Å². The minimum absolute atomic E-state index is 0.189. The Labute approximate surface area is 210 Å². The fourth-order valence-corrected chi connectivity index (χ4v) is 3.30. The summed E-state index contributed by atoms with van der Waals surface area (Å²) in [5.74, 6) is 0.377. The normalized spacial score (nSPS) is 13.1. The van der Waals surface area contributed by atoms with Crippen molar-refractivity contribution in [2.75, 3.05) is 33.6 Å². The van der Waals surface area contributed by atoms with Gasteiger partial charge in [0.15, 0.2) is 0 Å². The average Bonchev–Trinajstić information content (AvgIpc) is 2.80. The van der Waals surface area contributed by atoms with Gasteiger partial charge in [0.1, 0.15) is 0 Å². The molecule has 1 heterocycles. The van der Waals surface area contributed by atoms with E-state index in [1.165, 1.54) is 0 Å². The summed E-state index contributed by atoms with van der Waals surface area (Å²) in [6.07, 6.45) is -1.23. The van der Waals surface area contributed by atoms with Crippen LogP contribution in [0.5, 0.6) is 0 Å². The number of benzene rings is 2. The van der Waals surface area contributed by atoms with E-state index in [1.54, 1.807) is 50.2 Å². The molecule has 0 aromatic heterocycles. The summed E-state index contributed by atoms with van der Waals surface area (Å²) in [5, 5.41) is 5.31. The SMILES string of the molecule is Cc1ccc(N2C(=O)N(c3ccc(C)c(NC(=O)OCC(C)C)c3)C2=O)cc1NC(=O)OCC(C)C. The van der Waals surface area contributed by atoms with Gasteiger partial charge in [-0.3, -0.25) is 10.6 Å². The van der Waals surface area contributed by atoms with E-state index in [1.807, 2.05) is 27.7 Å². The highest BCUT2D eigenvalue weighted by Gasteiger charge is 2.46. The van der Waals surface area contributed by atoms with Crippen LogP contribution in [0.1, 0.15) is 38.8 Å². The first-order valence-corrected chi connectivity index (χ1v) is 11.7. The summed E-state index contributed by atoms with van der Waals surface area (Å²) in [4.78, 5) is 52.1. The first-order chi connectivity index (χ1) is 17.0. The van der Waals surface area contributed by atoms with Crippen LogP contribution < -0.4 is 20.4 Å². The second-order valence-corrected chi connectivity index (χ2v) is 9.47. The predicted molar refractivity (Wildman–Crippen MR) is 138 cm³/mol. The van der Waals surface area contributed by atoms with Crippen LogP contribution in [0.2, 0.25) is 0 Å². The van der Waals surface area contributed by atoms with Gasteiger partial charge in [0.05, 0.1) is 24.6 Å². The van der Waals surface area contributed by atoms with Crippen molar-refractivity contribution in [1.82, 2.24) is 0 Å². The highest BCUT2D eigenvalue weighted by molar-refractivity contribution is 6.41. The van der Waals surface area contributed by atoms with Gasteiger partial charge in [-0.1, -0.05) is 39.8 Å². The van der Waals surface area contributed by atoms with E-state index in [0.717, 1.165) is 20.9 Å². The lowest BCUT2D eigenvalue weighted by atomic mass is 10.1. The summed E-state index contributed by atoms with van der Waals surface area (Å²) >= 11 is 0. The Morgan fingerprint density at radius 2 is 1.08 bits per heavy atom. The fourth-order valence-electron chi connectivity index (χ4n) is 3.30. The summed E-state index contributed by atoms with van der Waals surface area (Å²) in [7, 11) is 0. The lowest BCUT2D eigenvalue weighted by molar-refractivity contribution is 0.147. The lowest BCUT2D eigenvalue weighted by Gasteiger charge is -2.39. The number of carbonyl (C=O) groups is 4. The van der Waals surface area contributed by atoms with Gasteiger partial charge >= 0.3 is 24.2 Å². The van der Waals surface area contributed by atoms with Crippen LogP contribution in [0, 0.1) is 25.7 Å². The van der Waals surface area contributed by atoms with E-state index in [-0.39, 0.29) is 25.0 Å².